The van der Waals surface area contributed by atoms with E-state index < -0.39 is 11.9 Å². The zero-order chi connectivity index (χ0) is 19.5. The van der Waals surface area contributed by atoms with E-state index in [-0.39, 0.29) is 12.0 Å². The van der Waals surface area contributed by atoms with E-state index >= 15 is 0 Å². The summed E-state index contributed by atoms with van der Waals surface area (Å²) in [6.45, 7) is 7.16. The van der Waals surface area contributed by atoms with Gasteiger partial charge in [0.1, 0.15) is 0 Å². The van der Waals surface area contributed by atoms with Crippen LogP contribution in [0.4, 0.5) is 0 Å². The molecule has 0 saturated carbocycles. The second-order valence-electron chi connectivity index (χ2n) is 6.94. The summed E-state index contributed by atoms with van der Waals surface area (Å²) in [4.78, 5) is 31.2. The molecule has 150 valence electrons. The Balaban J connectivity index is 3.30. The Kier molecular flexibility index (Phi) is 17.1. The van der Waals surface area contributed by atoms with Crippen LogP contribution >= 0.6 is 0 Å². The number of allylic oxidation sites excluding steroid dienone is 2. The largest absolute Gasteiger partial charge is 0.381 e. The van der Waals surface area contributed by atoms with Gasteiger partial charge in [-0.3, -0.25) is 0 Å². The summed E-state index contributed by atoms with van der Waals surface area (Å²) in [6.07, 6.45) is 20.7. The van der Waals surface area contributed by atoms with E-state index in [0.29, 0.717) is 0 Å². The van der Waals surface area contributed by atoms with Crippen LogP contribution in [0.1, 0.15) is 104 Å². The molecule has 0 amide bonds. The molecule has 0 aliphatic rings. The number of hydrogen-bond donors (Lipinski definition) is 0. The van der Waals surface area contributed by atoms with Gasteiger partial charge in [0.25, 0.3) is 0 Å². The Morgan fingerprint density at radius 1 is 0.769 bits per heavy atom. The normalized spacial score (nSPS) is 10.8. The van der Waals surface area contributed by atoms with E-state index in [1.807, 2.05) is 0 Å². The van der Waals surface area contributed by atoms with Gasteiger partial charge < -0.3 is 0 Å². The number of hydrogen-bond acceptors (Lipinski definition) is 4. The van der Waals surface area contributed by atoms with Crippen molar-refractivity contribution < 1.29 is 19.4 Å². The van der Waals surface area contributed by atoms with E-state index in [9.17, 15) is 9.59 Å². The Bertz CT molecular complexity index is 412. The predicted octanol–water partition coefficient (Wildman–Crippen LogP) is 6.60. The van der Waals surface area contributed by atoms with Crippen LogP contribution in [0.15, 0.2) is 24.3 Å². The molecular formula is C22H38O4. The van der Waals surface area contributed by atoms with E-state index in [2.05, 4.69) is 35.4 Å². The average molecular weight is 367 g/mol. The van der Waals surface area contributed by atoms with Crippen LogP contribution in [-0.4, -0.2) is 11.9 Å². The van der Waals surface area contributed by atoms with Crippen LogP contribution in [0, 0.1) is 0 Å². The minimum Gasteiger partial charge on any atom is -0.247 e. The number of unbranched alkanes of at least 4 members (excludes halogenated alkanes) is 11. The van der Waals surface area contributed by atoms with E-state index in [0.717, 1.165) is 25.7 Å². The molecule has 0 saturated heterocycles. The monoisotopic (exact) mass is 366 g/mol. The molecule has 0 aliphatic carbocycles. The van der Waals surface area contributed by atoms with Gasteiger partial charge in [-0.25, -0.2) is 19.4 Å². The number of carbonyl (C=O) groups excluding carboxylic acids is 2. The molecule has 4 nitrogen and oxygen atoms in total. The second kappa shape index (κ2) is 18.2. The molecule has 0 aromatic rings. The Morgan fingerprint density at radius 3 is 1.81 bits per heavy atom. The third-order valence-electron chi connectivity index (χ3n) is 4.20. The van der Waals surface area contributed by atoms with Crippen molar-refractivity contribution in [3.63, 3.8) is 0 Å². The van der Waals surface area contributed by atoms with Gasteiger partial charge in [-0.1, -0.05) is 77.0 Å². The summed E-state index contributed by atoms with van der Waals surface area (Å²) in [6, 6.07) is 0. The lowest BCUT2D eigenvalue weighted by molar-refractivity contribution is -0.255. The minimum atomic E-state index is -0.706. The number of rotatable bonds is 16. The van der Waals surface area contributed by atoms with Crippen LogP contribution in [0.5, 0.6) is 0 Å². The van der Waals surface area contributed by atoms with Crippen LogP contribution in [0.3, 0.4) is 0 Å². The standard InChI is InChI=1S/C22H38O4/c1-4-5-6-7-8-9-10-11-12-13-14-15-16-17-18-19-21(23)25-26-22(24)20(2)3/h11-12H,2,4-10,13-19H2,1,3H3/b12-11-. The lowest BCUT2D eigenvalue weighted by Crippen LogP contribution is -2.11. The molecule has 0 aromatic carbocycles. The van der Waals surface area contributed by atoms with E-state index in [1.165, 1.54) is 64.7 Å². The van der Waals surface area contributed by atoms with Gasteiger partial charge in [-0.15, -0.1) is 0 Å². The van der Waals surface area contributed by atoms with Crippen molar-refractivity contribution >= 4 is 11.9 Å². The second-order valence-corrected chi connectivity index (χ2v) is 6.94. The maximum Gasteiger partial charge on any atom is 0.381 e. The Labute approximate surface area is 160 Å². The first kappa shape index (κ1) is 24.4. The van der Waals surface area contributed by atoms with Gasteiger partial charge in [0.2, 0.25) is 0 Å². The molecule has 0 aromatic heterocycles. The highest BCUT2D eigenvalue weighted by molar-refractivity contribution is 5.87. The van der Waals surface area contributed by atoms with Gasteiger partial charge in [0, 0.05) is 5.57 Å². The maximum atomic E-state index is 11.4. The van der Waals surface area contributed by atoms with E-state index in [1.54, 1.807) is 0 Å². The molecule has 0 rings (SSSR count). The van der Waals surface area contributed by atoms with Gasteiger partial charge >= 0.3 is 11.9 Å². The van der Waals surface area contributed by atoms with Crippen LogP contribution in [0.2, 0.25) is 0 Å². The van der Waals surface area contributed by atoms with Crippen molar-refractivity contribution in [1.29, 1.82) is 0 Å². The molecule has 4 heteroatoms. The molecular weight excluding hydrogens is 328 g/mol. The predicted molar refractivity (Wildman–Crippen MR) is 106 cm³/mol. The quantitative estimate of drug-likeness (QED) is 0.101. The van der Waals surface area contributed by atoms with Crippen molar-refractivity contribution in [2.75, 3.05) is 0 Å². The lowest BCUT2D eigenvalue weighted by atomic mass is 10.1. The molecule has 26 heavy (non-hydrogen) atoms. The third-order valence-corrected chi connectivity index (χ3v) is 4.20. The lowest BCUT2D eigenvalue weighted by Gasteiger charge is -2.03. The zero-order valence-electron chi connectivity index (χ0n) is 16.9. The summed E-state index contributed by atoms with van der Waals surface area (Å²) in [5.74, 6) is -1.21. The molecule has 0 aliphatic heterocycles. The molecule has 0 heterocycles. The molecule has 0 radical (unpaired) electrons. The number of carbonyl (C=O) groups is 2. The van der Waals surface area contributed by atoms with Crippen molar-refractivity contribution in [3.05, 3.63) is 24.3 Å². The fourth-order valence-corrected chi connectivity index (χ4v) is 2.54. The van der Waals surface area contributed by atoms with Crippen LogP contribution in [-0.2, 0) is 19.4 Å². The summed E-state index contributed by atoms with van der Waals surface area (Å²) < 4.78 is 0. The highest BCUT2D eigenvalue weighted by atomic mass is 17.2. The van der Waals surface area contributed by atoms with Gasteiger partial charge in [0.15, 0.2) is 0 Å². The van der Waals surface area contributed by atoms with Gasteiger partial charge in [0.05, 0.1) is 6.42 Å². The van der Waals surface area contributed by atoms with Crippen molar-refractivity contribution in [1.82, 2.24) is 0 Å². The van der Waals surface area contributed by atoms with Crippen LogP contribution in [0.25, 0.3) is 0 Å². The van der Waals surface area contributed by atoms with E-state index in [4.69, 9.17) is 0 Å². The van der Waals surface area contributed by atoms with Crippen molar-refractivity contribution in [2.45, 2.75) is 104 Å². The first-order chi connectivity index (χ1) is 12.6. The van der Waals surface area contributed by atoms with Gasteiger partial charge in [-0.05, 0) is 39.0 Å². The molecule has 0 spiro atoms. The Morgan fingerprint density at radius 2 is 1.27 bits per heavy atom. The fraction of sp³-hybridized carbons (Fsp3) is 0.727. The zero-order valence-corrected chi connectivity index (χ0v) is 16.9. The molecule has 0 fully saturated rings. The summed E-state index contributed by atoms with van der Waals surface area (Å²) >= 11 is 0. The van der Waals surface area contributed by atoms with Crippen molar-refractivity contribution in [2.24, 2.45) is 0 Å². The first-order valence-electron chi connectivity index (χ1n) is 10.3. The first-order valence-corrected chi connectivity index (χ1v) is 10.3. The molecule has 0 atom stereocenters. The Hall–Kier alpha value is -1.58. The fourth-order valence-electron chi connectivity index (χ4n) is 2.54. The highest BCUT2D eigenvalue weighted by Gasteiger charge is 2.09. The smallest absolute Gasteiger partial charge is 0.247 e. The van der Waals surface area contributed by atoms with Gasteiger partial charge in [-0.2, -0.15) is 0 Å². The average Bonchev–Trinajstić information content (AvgIpc) is 2.62. The molecule has 0 bridgehead atoms. The molecule has 0 unspecified atom stereocenters. The highest BCUT2D eigenvalue weighted by Crippen LogP contribution is 2.10. The summed E-state index contributed by atoms with van der Waals surface area (Å²) in [5, 5.41) is 0. The van der Waals surface area contributed by atoms with Crippen molar-refractivity contribution in [3.8, 4) is 0 Å². The third kappa shape index (κ3) is 17.2. The topological polar surface area (TPSA) is 52.6 Å². The maximum absolute atomic E-state index is 11.4. The minimum absolute atomic E-state index is 0.207. The SMILES string of the molecule is C=C(C)C(=O)OOC(=O)CCCCCCC/C=C\CCCCCCCC. The van der Waals surface area contributed by atoms with Crippen LogP contribution < -0.4 is 0 Å². The summed E-state index contributed by atoms with van der Waals surface area (Å²) in [5.41, 5.74) is 0.207. The summed E-state index contributed by atoms with van der Waals surface area (Å²) in [7, 11) is 0. The molecule has 0 N–H and O–H groups in total.